The van der Waals surface area contributed by atoms with Crippen LogP contribution in [0.2, 0.25) is 0 Å². The number of hydrogen-bond donors (Lipinski definition) is 0. The maximum atomic E-state index is 12.3. The fourth-order valence-electron chi connectivity index (χ4n) is 5.51. The Kier molecular flexibility index (Phi) is 4.62. The summed E-state index contributed by atoms with van der Waals surface area (Å²) < 4.78 is 9.23. The van der Waals surface area contributed by atoms with Crippen LogP contribution in [0.5, 0.6) is 5.75 Å². The van der Waals surface area contributed by atoms with Gasteiger partial charge in [-0.3, -0.25) is 4.79 Å². The predicted octanol–water partition coefficient (Wildman–Crippen LogP) is 4.16. The molecular formula is C24H29N4O2+. The summed E-state index contributed by atoms with van der Waals surface area (Å²) >= 11 is 0. The maximum absolute atomic E-state index is 12.3. The lowest BCUT2D eigenvalue weighted by molar-refractivity contribution is -0.931. The van der Waals surface area contributed by atoms with Crippen LogP contribution in [0.25, 0.3) is 10.8 Å². The number of benzene rings is 2. The van der Waals surface area contributed by atoms with Gasteiger partial charge in [0.15, 0.2) is 5.78 Å². The number of hydrogen-bond acceptors (Lipinski definition) is 4. The lowest BCUT2D eigenvalue weighted by Crippen LogP contribution is -2.54. The first kappa shape index (κ1) is 19.2. The van der Waals surface area contributed by atoms with Gasteiger partial charge in [-0.15, -0.1) is 5.10 Å². The van der Waals surface area contributed by atoms with Crippen LogP contribution in [0.4, 0.5) is 0 Å². The van der Waals surface area contributed by atoms with E-state index < -0.39 is 0 Å². The molecule has 0 saturated carbocycles. The number of piperidine rings is 1. The van der Waals surface area contributed by atoms with E-state index in [0.29, 0.717) is 36.0 Å². The summed E-state index contributed by atoms with van der Waals surface area (Å²) in [4.78, 5) is 12.3. The molecule has 0 N–H and O–H groups in total. The molecule has 2 fully saturated rings. The molecule has 0 aliphatic carbocycles. The van der Waals surface area contributed by atoms with E-state index in [4.69, 9.17) is 4.74 Å². The van der Waals surface area contributed by atoms with Crippen LogP contribution < -0.4 is 4.74 Å². The number of aromatic nitrogens is 3. The minimum absolute atomic E-state index is 0.00359. The third-order valence-corrected chi connectivity index (χ3v) is 7.35. The Morgan fingerprint density at radius 3 is 2.60 bits per heavy atom. The normalized spacial score (nSPS) is 24.8. The fraction of sp³-hybridized carbons (Fsp3) is 0.458. The van der Waals surface area contributed by atoms with E-state index in [1.54, 1.807) is 6.92 Å². The number of Topliss-reactive ketones (excluding diaryl/α,β-unsaturated/α-hetero) is 1. The van der Waals surface area contributed by atoms with Gasteiger partial charge in [-0.1, -0.05) is 35.5 Å². The standard InChI is InChI=1S/C24H29N4O2/c1-16(29)24-22-7-5-4-6-17(22)8-11-23(24)30-15-18-14-27(26-25-18)19-12-20-9-10-21(13-19)28(20,2)3/h4-8,11,14,19-21H,9-10,12-13,15H2,1-3H3/q+1/t19?,20-,21+. The molecule has 6 nitrogen and oxygen atoms in total. The summed E-state index contributed by atoms with van der Waals surface area (Å²) in [5.41, 5.74) is 1.42. The molecular weight excluding hydrogens is 376 g/mol. The van der Waals surface area contributed by atoms with E-state index in [1.165, 1.54) is 12.8 Å². The number of carbonyl (C=O) groups is 1. The van der Waals surface area contributed by atoms with Gasteiger partial charge in [0, 0.05) is 25.7 Å². The number of carbonyl (C=O) groups excluding carboxylic acids is 1. The lowest BCUT2D eigenvalue weighted by atomic mass is 9.96. The molecule has 3 aromatic rings. The van der Waals surface area contributed by atoms with Crippen molar-refractivity contribution in [2.24, 2.45) is 0 Å². The first-order valence-corrected chi connectivity index (χ1v) is 10.8. The van der Waals surface area contributed by atoms with Crippen LogP contribution in [0, 0.1) is 0 Å². The average molecular weight is 406 g/mol. The van der Waals surface area contributed by atoms with Crippen LogP contribution in [-0.2, 0) is 6.61 Å². The fourth-order valence-corrected chi connectivity index (χ4v) is 5.51. The largest absolute Gasteiger partial charge is 0.486 e. The zero-order valence-corrected chi connectivity index (χ0v) is 17.9. The first-order chi connectivity index (χ1) is 14.4. The minimum Gasteiger partial charge on any atom is -0.486 e. The molecule has 3 heterocycles. The molecule has 2 saturated heterocycles. The van der Waals surface area contributed by atoms with E-state index >= 15 is 0 Å². The summed E-state index contributed by atoms with van der Waals surface area (Å²) in [5.74, 6) is 0.606. The zero-order chi connectivity index (χ0) is 20.9. The number of ketones is 1. The van der Waals surface area contributed by atoms with Gasteiger partial charge in [0.1, 0.15) is 18.1 Å². The van der Waals surface area contributed by atoms with Crippen molar-refractivity contribution < 1.29 is 14.0 Å². The summed E-state index contributed by atoms with van der Waals surface area (Å²) in [7, 11) is 4.74. The highest BCUT2D eigenvalue weighted by Gasteiger charge is 2.49. The van der Waals surface area contributed by atoms with Crippen molar-refractivity contribution in [3.05, 3.63) is 53.9 Å². The van der Waals surface area contributed by atoms with Crippen molar-refractivity contribution in [2.75, 3.05) is 14.1 Å². The van der Waals surface area contributed by atoms with Crippen molar-refractivity contribution >= 4 is 16.6 Å². The lowest BCUT2D eigenvalue weighted by Gasteiger charge is -2.44. The molecule has 2 aliphatic rings. The van der Waals surface area contributed by atoms with Crippen LogP contribution in [0.15, 0.2) is 42.6 Å². The number of rotatable bonds is 5. The highest BCUT2D eigenvalue weighted by molar-refractivity contribution is 6.09. The zero-order valence-electron chi connectivity index (χ0n) is 17.9. The number of fused-ring (bicyclic) bond motifs is 3. The Labute approximate surface area is 177 Å². The molecule has 2 aromatic carbocycles. The highest BCUT2D eigenvalue weighted by Crippen LogP contribution is 2.43. The summed E-state index contributed by atoms with van der Waals surface area (Å²) in [6.45, 7) is 1.89. The van der Waals surface area contributed by atoms with E-state index in [9.17, 15) is 4.79 Å². The van der Waals surface area contributed by atoms with Gasteiger partial charge in [0.25, 0.3) is 0 Å². The van der Waals surface area contributed by atoms with E-state index in [1.807, 2.05) is 47.3 Å². The topological polar surface area (TPSA) is 57.0 Å². The molecule has 1 aromatic heterocycles. The molecule has 6 heteroatoms. The van der Waals surface area contributed by atoms with Crippen molar-refractivity contribution in [2.45, 2.75) is 57.3 Å². The van der Waals surface area contributed by atoms with Gasteiger partial charge >= 0.3 is 0 Å². The van der Waals surface area contributed by atoms with Crippen molar-refractivity contribution in [3.8, 4) is 5.75 Å². The molecule has 0 radical (unpaired) electrons. The predicted molar refractivity (Wildman–Crippen MR) is 115 cm³/mol. The van der Waals surface area contributed by atoms with E-state index in [-0.39, 0.29) is 5.78 Å². The van der Waals surface area contributed by atoms with Crippen LogP contribution in [0.3, 0.4) is 0 Å². The highest BCUT2D eigenvalue weighted by atomic mass is 16.5. The molecule has 30 heavy (non-hydrogen) atoms. The average Bonchev–Trinajstić information content (AvgIpc) is 3.21. The molecule has 2 aliphatic heterocycles. The monoisotopic (exact) mass is 405 g/mol. The van der Waals surface area contributed by atoms with E-state index in [0.717, 1.165) is 33.8 Å². The van der Waals surface area contributed by atoms with Crippen molar-refractivity contribution in [3.63, 3.8) is 0 Å². The molecule has 1 unspecified atom stereocenters. The summed E-state index contributed by atoms with van der Waals surface area (Å²) in [6, 6.07) is 13.6. The Hall–Kier alpha value is -2.73. The molecule has 2 bridgehead atoms. The second kappa shape index (κ2) is 7.20. The second-order valence-electron chi connectivity index (χ2n) is 9.33. The van der Waals surface area contributed by atoms with Crippen LogP contribution in [0.1, 0.15) is 54.7 Å². The molecule has 156 valence electrons. The third-order valence-electron chi connectivity index (χ3n) is 7.35. The Morgan fingerprint density at radius 2 is 1.87 bits per heavy atom. The van der Waals surface area contributed by atoms with Gasteiger partial charge in [-0.05, 0) is 23.8 Å². The summed E-state index contributed by atoms with van der Waals surface area (Å²) in [5, 5.41) is 10.7. The van der Waals surface area contributed by atoms with Gasteiger partial charge in [-0.2, -0.15) is 0 Å². The smallest absolute Gasteiger partial charge is 0.164 e. The van der Waals surface area contributed by atoms with Crippen LogP contribution >= 0.6 is 0 Å². The quantitative estimate of drug-likeness (QED) is 0.473. The number of quaternary nitrogens is 1. The Morgan fingerprint density at radius 1 is 1.13 bits per heavy atom. The third kappa shape index (κ3) is 3.19. The minimum atomic E-state index is 0.00359. The first-order valence-electron chi connectivity index (χ1n) is 10.8. The van der Waals surface area contributed by atoms with Gasteiger partial charge in [0.05, 0.1) is 44.0 Å². The van der Waals surface area contributed by atoms with Gasteiger partial charge < -0.3 is 9.22 Å². The second-order valence-corrected chi connectivity index (χ2v) is 9.33. The SMILES string of the molecule is CC(=O)c1c(OCc2cn(C3C[C@H]4CC[C@@H](C3)[N+]4(C)C)nn2)ccc2ccccc12. The molecule has 5 rings (SSSR count). The van der Waals surface area contributed by atoms with Crippen molar-refractivity contribution in [1.82, 2.24) is 15.0 Å². The number of ether oxygens (including phenoxy) is 1. The van der Waals surface area contributed by atoms with E-state index in [2.05, 4.69) is 24.4 Å². The Balaban J connectivity index is 1.32. The van der Waals surface area contributed by atoms with Gasteiger partial charge in [0.2, 0.25) is 0 Å². The van der Waals surface area contributed by atoms with Crippen LogP contribution in [-0.4, -0.2) is 51.4 Å². The Bertz CT molecular complexity index is 1090. The maximum Gasteiger partial charge on any atom is 0.164 e. The van der Waals surface area contributed by atoms with Gasteiger partial charge in [-0.25, -0.2) is 4.68 Å². The summed E-state index contributed by atoms with van der Waals surface area (Å²) in [6.07, 6.45) is 6.96. The number of nitrogens with zero attached hydrogens (tertiary/aromatic N) is 4. The molecule has 0 spiro atoms. The molecule has 3 atom stereocenters. The van der Waals surface area contributed by atoms with Crippen molar-refractivity contribution in [1.29, 1.82) is 0 Å². The molecule has 0 amide bonds.